The third kappa shape index (κ3) is 16.0. The summed E-state index contributed by atoms with van der Waals surface area (Å²) in [5.41, 5.74) is 0.907. The molecule has 0 saturated carbocycles. The van der Waals surface area contributed by atoms with Crippen LogP contribution >= 0.6 is 24.0 Å². The van der Waals surface area contributed by atoms with E-state index >= 15 is 0 Å². The van der Waals surface area contributed by atoms with Gasteiger partial charge in [0, 0.05) is 0 Å². The van der Waals surface area contributed by atoms with Crippen LogP contribution in [0.15, 0.2) is 36.4 Å². The Balaban J connectivity index is 1.70. The molecule has 0 aliphatic carbocycles. The highest BCUT2D eigenvalue weighted by Crippen LogP contribution is 2.19. The summed E-state index contributed by atoms with van der Waals surface area (Å²) < 4.78 is 28.1. The third-order valence-electron chi connectivity index (χ3n) is 5.31. The van der Waals surface area contributed by atoms with E-state index < -0.39 is 0 Å². The summed E-state index contributed by atoms with van der Waals surface area (Å²) in [5, 5.41) is 0. The van der Waals surface area contributed by atoms with Gasteiger partial charge in [0.2, 0.25) is 0 Å². The van der Waals surface area contributed by atoms with Crippen molar-refractivity contribution in [1.82, 2.24) is 0 Å². The average Bonchev–Trinajstić information content (AvgIpc) is 2.87. The molecule has 0 atom stereocenters. The lowest BCUT2D eigenvalue weighted by Gasteiger charge is -2.09. The smallest absolute Gasteiger partial charge is 0.316 e. The minimum atomic E-state index is -0.307. The molecule has 0 amide bonds. The minimum Gasteiger partial charge on any atom is -0.494 e. The normalized spacial score (nSPS) is 21.3. The van der Waals surface area contributed by atoms with Crippen LogP contribution in [0, 0.1) is 0 Å². The highest BCUT2D eigenvalue weighted by atomic mass is 32.2. The van der Waals surface area contributed by atoms with E-state index in [1.807, 2.05) is 24.3 Å². The molecule has 1 aromatic rings. The summed E-state index contributed by atoms with van der Waals surface area (Å²) in [6, 6.07) is 7.74. The van der Waals surface area contributed by atoms with Gasteiger partial charge in [-0.15, -0.1) is 11.8 Å². The molecule has 196 valence electrons. The molecule has 3 rings (SSSR count). The first-order valence-corrected chi connectivity index (χ1v) is 14.1. The standard InChI is InChI=1S/C27H40O6S2/c28-26-23-35-27(34)24-11-13-25(14-12-24)32-16-10-8-6-4-2-1-3-5-7-9-15-29-17-18-30-19-20-31-21-22-33-26/h7,9,11-14H,1-6,8,10,15-23H2/b9-7-. The van der Waals surface area contributed by atoms with Crippen LogP contribution in [0.25, 0.3) is 0 Å². The fourth-order valence-electron chi connectivity index (χ4n) is 3.37. The van der Waals surface area contributed by atoms with Gasteiger partial charge in [0.1, 0.15) is 12.4 Å². The summed E-state index contributed by atoms with van der Waals surface area (Å²) in [6.07, 6.45) is 14.0. The molecule has 0 radical (unpaired) electrons. The van der Waals surface area contributed by atoms with E-state index in [1.165, 1.54) is 50.3 Å². The van der Waals surface area contributed by atoms with Crippen LogP contribution in [0.3, 0.4) is 0 Å². The van der Waals surface area contributed by atoms with Gasteiger partial charge < -0.3 is 23.7 Å². The van der Waals surface area contributed by atoms with Crippen LogP contribution in [0.1, 0.15) is 56.9 Å². The number of rotatable bonds is 0. The third-order valence-corrected chi connectivity index (χ3v) is 6.78. The maximum Gasteiger partial charge on any atom is 0.316 e. The van der Waals surface area contributed by atoms with Crippen molar-refractivity contribution in [1.29, 1.82) is 0 Å². The molecule has 2 aliphatic heterocycles. The van der Waals surface area contributed by atoms with Crippen LogP contribution in [0.5, 0.6) is 5.75 Å². The van der Waals surface area contributed by atoms with Crippen LogP contribution in [0.4, 0.5) is 0 Å². The summed E-state index contributed by atoms with van der Waals surface area (Å²) in [4.78, 5) is 11.9. The number of thiocarbonyl (C=S) groups is 1. The van der Waals surface area contributed by atoms with E-state index in [9.17, 15) is 4.79 Å². The summed E-state index contributed by atoms with van der Waals surface area (Å²) in [6.45, 7) is 3.96. The maximum atomic E-state index is 11.9. The maximum absolute atomic E-state index is 11.9. The predicted molar refractivity (Wildman–Crippen MR) is 146 cm³/mol. The molecule has 8 heteroatoms. The second-order valence-electron chi connectivity index (χ2n) is 8.20. The summed E-state index contributed by atoms with van der Waals surface area (Å²) in [5.74, 6) is 0.717. The summed E-state index contributed by atoms with van der Waals surface area (Å²) >= 11 is 6.75. The first-order valence-electron chi connectivity index (χ1n) is 12.7. The van der Waals surface area contributed by atoms with Gasteiger partial charge in [0.15, 0.2) is 0 Å². The number of hydrogen-bond donors (Lipinski definition) is 0. The Morgan fingerprint density at radius 3 is 2.03 bits per heavy atom. The number of carbonyl (C=O) groups excluding carboxylic acids is 1. The van der Waals surface area contributed by atoms with Crippen molar-refractivity contribution in [2.75, 3.05) is 58.6 Å². The first-order chi connectivity index (χ1) is 17.3. The van der Waals surface area contributed by atoms with Crippen molar-refractivity contribution < 1.29 is 28.5 Å². The number of benzene rings is 1. The molecule has 0 aromatic heterocycles. The second-order valence-corrected chi connectivity index (χ2v) is 9.86. The van der Waals surface area contributed by atoms with Crippen LogP contribution < -0.4 is 4.74 Å². The van der Waals surface area contributed by atoms with Crippen LogP contribution in [-0.4, -0.2) is 68.8 Å². The predicted octanol–water partition coefficient (Wildman–Crippen LogP) is 5.76. The molecule has 1 aromatic carbocycles. The fraction of sp³-hybridized carbons (Fsp3) is 0.630. The molecule has 0 fully saturated rings. The molecule has 2 aliphatic rings. The Morgan fingerprint density at radius 2 is 1.29 bits per heavy atom. The monoisotopic (exact) mass is 524 g/mol. The van der Waals surface area contributed by atoms with E-state index in [0.29, 0.717) is 43.8 Å². The zero-order chi connectivity index (χ0) is 24.8. The Labute approximate surface area is 220 Å². The van der Waals surface area contributed by atoms with E-state index in [1.54, 1.807) is 0 Å². The van der Waals surface area contributed by atoms with Gasteiger partial charge in [0.05, 0.1) is 56.2 Å². The van der Waals surface area contributed by atoms with E-state index in [2.05, 4.69) is 12.2 Å². The number of thioether (sulfide) groups is 1. The van der Waals surface area contributed by atoms with Crippen molar-refractivity contribution in [2.45, 2.75) is 51.4 Å². The Hall–Kier alpha value is -1.45. The molecule has 0 saturated heterocycles. The lowest BCUT2D eigenvalue weighted by molar-refractivity contribution is -0.142. The van der Waals surface area contributed by atoms with Crippen LogP contribution in [-0.2, 0) is 23.7 Å². The Bertz CT molecular complexity index is 723. The lowest BCUT2D eigenvalue weighted by Crippen LogP contribution is -2.15. The fourth-order valence-corrected chi connectivity index (χ4v) is 4.31. The highest BCUT2D eigenvalue weighted by Gasteiger charge is 2.08. The van der Waals surface area contributed by atoms with Gasteiger partial charge in [-0.05, 0) is 49.1 Å². The lowest BCUT2D eigenvalue weighted by atomic mass is 10.1. The number of ether oxygens (including phenoxy) is 5. The minimum absolute atomic E-state index is 0.176. The van der Waals surface area contributed by atoms with Gasteiger partial charge >= 0.3 is 5.97 Å². The Morgan fingerprint density at radius 1 is 0.657 bits per heavy atom. The van der Waals surface area contributed by atoms with Crippen molar-refractivity contribution in [3.63, 3.8) is 0 Å². The van der Waals surface area contributed by atoms with E-state index in [-0.39, 0.29) is 18.3 Å². The number of fused-ring (bicyclic) bond motifs is 27. The zero-order valence-corrected chi connectivity index (χ0v) is 22.4. The molecule has 2 bridgehead atoms. The number of allylic oxidation sites excluding steroid dienone is 1. The van der Waals surface area contributed by atoms with Crippen LogP contribution in [0.2, 0.25) is 0 Å². The van der Waals surface area contributed by atoms with Gasteiger partial charge in [-0.1, -0.05) is 56.5 Å². The molecule has 2 heterocycles. The largest absolute Gasteiger partial charge is 0.494 e. The molecule has 0 N–H and O–H groups in total. The first kappa shape index (κ1) is 29.8. The van der Waals surface area contributed by atoms with Gasteiger partial charge in [-0.3, -0.25) is 4.79 Å². The zero-order valence-electron chi connectivity index (χ0n) is 20.8. The van der Waals surface area contributed by atoms with E-state index in [0.717, 1.165) is 30.8 Å². The van der Waals surface area contributed by atoms with E-state index in [4.69, 9.17) is 35.9 Å². The average molecular weight is 525 g/mol. The summed E-state index contributed by atoms with van der Waals surface area (Å²) in [7, 11) is 0. The number of hydrogen-bond acceptors (Lipinski definition) is 8. The molecule has 35 heavy (non-hydrogen) atoms. The van der Waals surface area contributed by atoms with Crippen molar-refractivity contribution in [3.05, 3.63) is 42.0 Å². The van der Waals surface area contributed by atoms with Gasteiger partial charge in [-0.25, -0.2) is 0 Å². The topological polar surface area (TPSA) is 63.2 Å². The molecule has 0 spiro atoms. The Kier molecular flexibility index (Phi) is 17.6. The van der Waals surface area contributed by atoms with Gasteiger partial charge in [-0.2, -0.15) is 0 Å². The van der Waals surface area contributed by atoms with Gasteiger partial charge in [0.25, 0.3) is 0 Å². The molecular weight excluding hydrogens is 484 g/mol. The SMILES string of the molecule is O=C1CSC(=S)c2ccc(cc2)OCCCCCCCCC/C=C\COCCOCCOCCO1. The second kappa shape index (κ2) is 20.7. The van der Waals surface area contributed by atoms with Crippen molar-refractivity contribution >= 4 is 34.1 Å². The van der Waals surface area contributed by atoms with Crippen molar-refractivity contribution in [2.24, 2.45) is 0 Å². The molecular formula is C27H40O6S2. The van der Waals surface area contributed by atoms with Crippen molar-refractivity contribution in [3.8, 4) is 5.75 Å². The quantitative estimate of drug-likeness (QED) is 0.184. The number of esters is 1. The number of carbonyl (C=O) groups is 1. The molecule has 6 nitrogen and oxygen atoms in total. The molecule has 0 unspecified atom stereocenters. The highest BCUT2D eigenvalue weighted by molar-refractivity contribution is 8.24.